The van der Waals surface area contributed by atoms with Gasteiger partial charge >= 0.3 is 6.18 Å². The van der Waals surface area contributed by atoms with Gasteiger partial charge < -0.3 is 20.1 Å². The number of nitrogens with one attached hydrogen (secondary N) is 1. The fourth-order valence-corrected chi connectivity index (χ4v) is 5.82. The van der Waals surface area contributed by atoms with E-state index in [0.29, 0.717) is 22.2 Å². The summed E-state index contributed by atoms with van der Waals surface area (Å²) in [5.74, 6) is -0.635. The van der Waals surface area contributed by atoms with Crippen molar-refractivity contribution in [3.8, 4) is 0 Å². The molecule has 0 aliphatic carbocycles. The van der Waals surface area contributed by atoms with Crippen LogP contribution in [0.4, 0.5) is 13.2 Å². The van der Waals surface area contributed by atoms with E-state index in [-0.39, 0.29) is 39.8 Å². The highest BCUT2D eigenvalue weighted by molar-refractivity contribution is 7.91. The summed E-state index contributed by atoms with van der Waals surface area (Å²) in [6.45, 7) is 0.697. The van der Waals surface area contributed by atoms with Crippen molar-refractivity contribution in [2.45, 2.75) is 42.4 Å². The molecule has 222 valence electrons. The van der Waals surface area contributed by atoms with Crippen LogP contribution in [0.2, 0.25) is 5.02 Å². The van der Waals surface area contributed by atoms with E-state index in [1.54, 1.807) is 12.1 Å². The summed E-state index contributed by atoms with van der Waals surface area (Å²) in [4.78, 5) is 13.3. The van der Waals surface area contributed by atoms with E-state index in [4.69, 9.17) is 27.3 Å². The average molecular weight is 629 g/mol. The number of nitrogens with zero attached hydrogens (tertiary/aromatic N) is 1. The van der Waals surface area contributed by atoms with Gasteiger partial charge in [-0.25, -0.2) is 8.42 Å². The van der Waals surface area contributed by atoms with Crippen molar-refractivity contribution in [2.24, 2.45) is 0 Å². The van der Waals surface area contributed by atoms with Gasteiger partial charge in [0.25, 0.3) is 5.91 Å². The summed E-state index contributed by atoms with van der Waals surface area (Å²) in [6, 6.07) is 14.5. The molecule has 1 amide bonds. The lowest BCUT2D eigenvalue weighted by molar-refractivity contribution is -0.138. The molecule has 1 heterocycles. The van der Waals surface area contributed by atoms with Crippen LogP contribution in [0.3, 0.4) is 0 Å². The number of carbonyl (C=O) groups is 1. The number of amides is 1. The third kappa shape index (κ3) is 7.64. The Morgan fingerprint density at radius 2 is 1.72 bits per heavy atom. The number of aromatic nitrogens is 1. The van der Waals surface area contributed by atoms with E-state index in [0.717, 1.165) is 6.07 Å². The molecule has 0 unspecified atom stereocenters. The number of alkyl halides is 3. The number of benzene rings is 3. The number of rotatable bonds is 10. The first-order valence-corrected chi connectivity index (χ1v) is 15.1. The van der Waals surface area contributed by atoms with E-state index < -0.39 is 45.5 Å². The number of carbonyl (C=O) groups excluding carboxylic acids is 1. The highest BCUT2D eigenvalue weighted by atomic mass is 35.5. The molecule has 4 rings (SSSR count). The van der Waals surface area contributed by atoms with E-state index in [2.05, 4.69) is 5.32 Å². The van der Waals surface area contributed by atoms with Crippen LogP contribution < -0.4 is 5.32 Å². The Labute approximate surface area is 254 Å². The van der Waals surface area contributed by atoms with Gasteiger partial charge in [0.1, 0.15) is 15.7 Å². The summed E-state index contributed by atoms with van der Waals surface area (Å²) < 4.78 is 67.0. The monoisotopic (exact) mass is 628 g/mol. The topological polar surface area (TPSA) is 109 Å². The number of hydrogen-bond acceptors (Lipinski definition) is 5. The van der Waals surface area contributed by atoms with Gasteiger partial charge in [-0.3, -0.25) is 4.79 Å². The maximum atomic E-state index is 13.8. The van der Waals surface area contributed by atoms with Crippen molar-refractivity contribution in [3.05, 3.63) is 99.7 Å². The number of aliphatic hydroxyl groups excluding tert-OH is 1. The first kappa shape index (κ1) is 32.7. The molecule has 0 fully saturated rings. The molecular weight excluding hydrogens is 602 g/mol. The molecule has 0 aliphatic rings. The lowest BCUT2D eigenvalue weighted by atomic mass is 9.65. The van der Waals surface area contributed by atoms with E-state index in [1.807, 2.05) is 0 Å². The summed E-state index contributed by atoms with van der Waals surface area (Å²) in [7, 11) is 7.85. The minimum Gasteiger partial charge on any atom is -0.407 e. The van der Waals surface area contributed by atoms with Crippen molar-refractivity contribution in [2.75, 3.05) is 12.4 Å². The van der Waals surface area contributed by atoms with Gasteiger partial charge in [-0.15, -0.1) is 0 Å². The van der Waals surface area contributed by atoms with Crippen molar-refractivity contribution in [1.82, 2.24) is 9.88 Å². The zero-order chi connectivity index (χ0) is 31.7. The average Bonchev–Trinajstić information content (AvgIpc) is 3.26. The molecule has 14 heteroatoms. The maximum Gasteiger partial charge on any atom is 0.416 e. The number of aliphatic hydroxyl groups is 2. The van der Waals surface area contributed by atoms with E-state index in [9.17, 15) is 36.6 Å². The third-order valence-corrected chi connectivity index (χ3v) is 8.90. The van der Waals surface area contributed by atoms with Gasteiger partial charge in [0.15, 0.2) is 9.84 Å². The molecule has 0 saturated carbocycles. The zero-order valence-electron chi connectivity index (χ0n) is 22.9. The lowest BCUT2D eigenvalue weighted by Gasteiger charge is -2.23. The van der Waals surface area contributed by atoms with Crippen LogP contribution in [0.5, 0.6) is 0 Å². The molecular formula is C29H26B2ClF3N2O5S. The van der Waals surface area contributed by atoms with Crippen molar-refractivity contribution in [1.29, 1.82) is 0 Å². The second-order valence-corrected chi connectivity index (χ2v) is 12.9. The predicted molar refractivity (Wildman–Crippen MR) is 159 cm³/mol. The third-order valence-electron chi connectivity index (χ3n) is 6.92. The van der Waals surface area contributed by atoms with Crippen LogP contribution in [0.1, 0.15) is 45.7 Å². The summed E-state index contributed by atoms with van der Waals surface area (Å²) in [5.41, 5.74) is 0.468. The Morgan fingerprint density at radius 3 is 2.30 bits per heavy atom. The van der Waals surface area contributed by atoms with E-state index >= 15 is 0 Å². The van der Waals surface area contributed by atoms with Crippen LogP contribution in [0, 0.1) is 0 Å². The number of fused-ring (bicyclic) bond motifs is 1. The predicted octanol–water partition coefficient (Wildman–Crippen LogP) is 4.14. The molecule has 43 heavy (non-hydrogen) atoms. The van der Waals surface area contributed by atoms with Crippen LogP contribution in [0.15, 0.2) is 71.6 Å². The minimum atomic E-state index is -4.67. The minimum absolute atomic E-state index is 0.0694. The summed E-state index contributed by atoms with van der Waals surface area (Å²) >= 11 is 5.82. The van der Waals surface area contributed by atoms with Gasteiger partial charge in [0, 0.05) is 45.5 Å². The molecule has 1 aromatic heterocycles. The van der Waals surface area contributed by atoms with Gasteiger partial charge in [-0.05, 0) is 59.7 Å². The molecule has 3 aromatic carbocycles. The maximum absolute atomic E-state index is 13.8. The fourth-order valence-electron chi connectivity index (χ4n) is 4.77. The fraction of sp³-hybridized carbons (Fsp3) is 0.276. The van der Waals surface area contributed by atoms with Gasteiger partial charge in [-0.2, -0.15) is 13.2 Å². The van der Waals surface area contributed by atoms with Crippen LogP contribution in [-0.4, -0.2) is 62.6 Å². The number of sulfone groups is 1. The molecule has 4 radical (unpaired) electrons. The molecule has 7 nitrogen and oxygen atoms in total. The Kier molecular flexibility index (Phi) is 9.41. The lowest BCUT2D eigenvalue weighted by Crippen LogP contribution is -2.35. The van der Waals surface area contributed by atoms with Crippen molar-refractivity contribution >= 4 is 53.9 Å². The molecule has 0 spiro atoms. The Bertz CT molecular complexity index is 1750. The highest BCUT2D eigenvalue weighted by Gasteiger charge is 2.34. The summed E-state index contributed by atoms with van der Waals surface area (Å²) in [6.07, 6.45) is -4.88. The first-order valence-electron chi connectivity index (χ1n) is 13.0. The number of halogens is 4. The Balaban J connectivity index is 1.67. The zero-order valence-corrected chi connectivity index (χ0v) is 24.5. The first-order chi connectivity index (χ1) is 20.0. The molecule has 0 bridgehead atoms. The number of hydrogen-bond donors (Lipinski definition) is 3. The quantitative estimate of drug-likeness (QED) is 0.229. The highest BCUT2D eigenvalue weighted by Crippen LogP contribution is 2.35. The van der Waals surface area contributed by atoms with Crippen molar-refractivity contribution < 1.29 is 36.6 Å². The standard InChI is InChI=1S/C29H26B2ClF3N2O5S/c1-2-43(41,42)23-8-4-17(5-9-23)25(15-38)36-27(39)19-6-10-26-20(11-19)13-22(37(26)16-28(30,31)40)12-18-3-7-21(32)14-24(18)29(33,34)35/h3-11,13-14,25,38,40H,2,12,15-16H2,1H3,(H,36,39)/t25-/m0/s1. The second-order valence-electron chi connectivity index (χ2n) is 10.1. The van der Waals surface area contributed by atoms with Crippen LogP contribution in [-0.2, 0) is 29.0 Å². The Hall–Kier alpha value is -3.25. The molecule has 4 aromatic rings. The second kappa shape index (κ2) is 12.4. The van der Waals surface area contributed by atoms with E-state index in [1.165, 1.54) is 60.0 Å². The van der Waals surface area contributed by atoms with Gasteiger partial charge in [0.2, 0.25) is 0 Å². The largest absolute Gasteiger partial charge is 0.416 e. The molecule has 3 N–H and O–H groups in total. The molecule has 1 atom stereocenters. The Morgan fingerprint density at radius 1 is 1.05 bits per heavy atom. The normalized spacial score (nSPS) is 13.3. The van der Waals surface area contributed by atoms with Gasteiger partial charge in [-0.1, -0.05) is 36.7 Å². The molecule has 0 aliphatic heterocycles. The summed E-state index contributed by atoms with van der Waals surface area (Å²) in [5, 5.41) is 21.0. The van der Waals surface area contributed by atoms with Crippen LogP contribution >= 0.6 is 11.6 Å². The van der Waals surface area contributed by atoms with Gasteiger partial charge in [0.05, 0.1) is 28.9 Å². The SMILES string of the molecule is [B]C([B])(O)Cn1c(Cc2ccc(Cl)cc2C(F)(F)F)cc2cc(C(=O)N[C@@H](CO)c3ccc(S(=O)(=O)CC)cc3)ccc21. The smallest absolute Gasteiger partial charge is 0.407 e. The van der Waals surface area contributed by atoms with Crippen molar-refractivity contribution in [3.63, 3.8) is 0 Å². The van der Waals surface area contributed by atoms with Crippen LogP contribution in [0.25, 0.3) is 10.9 Å². The molecule has 0 saturated heterocycles.